The number of esters is 3. The molecular weight excluding hydrogens is 707 g/mol. The van der Waals surface area contributed by atoms with Crippen LogP contribution in [0, 0.1) is 5.92 Å². The van der Waals surface area contributed by atoms with Gasteiger partial charge in [0.15, 0.2) is 0 Å². The van der Waals surface area contributed by atoms with Crippen LogP contribution in [0.15, 0.2) is 0 Å². The third-order valence-electron chi connectivity index (χ3n) is 10.7. The molecule has 0 radical (unpaired) electrons. The summed E-state index contributed by atoms with van der Waals surface area (Å²) in [5.74, 6) is -0.355. The second kappa shape index (κ2) is 42.8. The summed E-state index contributed by atoms with van der Waals surface area (Å²) >= 11 is 0. The van der Waals surface area contributed by atoms with E-state index in [-0.39, 0.29) is 30.4 Å². The van der Waals surface area contributed by atoms with Gasteiger partial charge in [0.2, 0.25) is 0 Å². The zero-order valence-electron chi connectivity index (χ0n) is 37.0. The zero-order valence-corrected chi connectivity index (χ0v) is 37.0. The Morgan fingerprint density at radius 1 is 0.464 bits per heavy atom. The highest BCUT2D eigenvalue weighted by molar-refractivity contribution is 5.75. The molecule has 0 fully saturated rings. The lowest BCUT2D eigenvalue weighted by molar-refractivity contribution is -0.149. The minimum Gasteiger partial charge on any atom is -0.466 e. The molecule has 0 saturated heterocycles. The van der Waals surface area contributed by atoms with Gasteiger partial charge in [-0.2, -0.15) is 0 Å². The summed E-state index contributed by atoms with van der Waals surface area (Å²) in [4.78, 5) is 39.6. The molecule has 2 unspecified atom stereocenters. The first-order valence-electron chi connectivity index (χ1n) is 23.6. The highest BCUT2D eigenvalue weighted by Gasteiger charge is 2.19. The molecule has 10 heteroatoms. The van der Waals surface area contributed by atoms with E-state index in [4.69, 9.17) is 30.4 Å². The van der Waals surface area contributed by atoms with E-state index in [2.05, 4.69) is 25.7 Å². The number of carbonyl (C=O) groups excluding carboxylic acids is 3. The molecule has 4 N–H and O–H groups in total. The maximum Gasteiger partial charge on any atom is 0.322 e. The Bertz CT molecular complexity index is 878. The molecule has 0 aromatic heterocycles. The molecule has 332 valence electrons. The first kappa shape index (κ1) is 54.2. The van der Waals surface area contributed by atoms with Crippen molar-refractivity contribution >= 4 is 17.9 Å². The van der Waals surface area contributed by atoms with Crippen LogP contribution < -0.4 is 11.5 Å². The zero-order chi connectivity index (χ0) is 41.2. The maximum absolute atomic E-state index is 13.1. The van der Waals surface area contributed by atoms with E-state index in [1.54, 1.807) is 0 Å². The van der Waals surface area contributed by atoms with Crippen molar-refractivity contribution < 1.29 is 33.3 Å². The molecule has 0 heterocycles. The molecular formula is C46H91N3O7. The summed E-state index contributed by atoms with van der Waals surface area (Å²) in [5.41, 5.74) is 11.4. The fourth-order valence-corrected chi connectivity index (χ4v) is 6.94. The largest absolute Gasteiger partial charge is 0.466 e. The maximum atomic E-state index is 13.1. The molecule has 0 amide bonds. The molecule has 0 aromatic rings. The van der Waals surface area contributed by atoms with E-state index >= 15 is 0 Å². The van der Waals surface area contributed by atoms with Gasteiger partial charge >= 0.3 is 17.9 Å². The lowest BCUT2D eigenvalue weighted by Gasteiger charge is -2.22. The van der Waals surface area contributed by atoms with Crippen molar-refractivity contribution in [2.45, 2.75) is 213 Å². The average Bonchev–Trinajstić information content (AvgIpc) is 3.19. The quantitative estimate of drug-likeness (QED) is 0.0347. The summed E-state index contributed by atoms with van der Waals surface area (Å²) in [7, 11) is 0. The monoisotopic (exact) mass is 798 g/mol. The Kier molecular flexibility index (Phi) is 41.5. The van der Waals surface area contributed by atoms with Crippen LogP contribution in [-0.2, 0) is 33.3 Å². The van der Waals surface area contributed by atoms with Crippen LogP contribution in [0.5, 0.6) is 0 Å². The van der Waals surface area contributed by atoms with Crippen molar-refractivity contribution in [3.63, 3.8) is 0 Å². The van der Waals surface area contributed by atoms with Gasteiger partial charge < -0.3 is 35.3 Å². The Labute approximate surface area is 345 Å². The van der Waals surface area contributed by atoms with Crippen LogP contribution in [0.3, 0.4) is 0 Å². The molecule has 0 saturated carbocycles. The summed E-state index contributed by atoms with van der Waals surface area (Å²) in [6, 6.07) is -0.608. The standard InChI is InChI=1S/C46H91N3O7/c1-4-7-10-13-15-21-30-42(29-20-14-11-8-5-2)45(51)55-38-28-19-17-26-35-49(34-25-16-18-27-37-54-44(50)32-22-12-9-6-3)36-39-53-40-41-56-46(52)43(48)31-23-24-33-47/h42-43H,4-41,47-48H2,1-3H3. The van der Waals surface area contributed by atoms with E-state index < -0.39 is 6.04 Å². The summed E-state index contributed by atoms with van der Waals surface area (Å²) < 4.78 is 22.4. The molecule has 0 spiro atoms. The van der Waals surface area contributed by atoms with Crippen LogP contribution in [-0.4, -0.2) is 88.1 Å². The van der Waals surface area contributed by atoms with Gasteiger partial charge in [0, 0.05) is 13.0 Å². The number of ether oxygens (including phenoxy) is 4. The van der Waals surface area contributed by atoms with Crippen LogP contribution in [0.2, 0.25) is 0 Å². The molecule has 0 aliphatic heterocycles. The SMILES string of the molecule is CCCCCCCCC(CCCCCCC)C(=O)OCCCCCCN(CCCCCCOC(=O)CCCCCC)CCOCCOC(=O)C(N)CCCCN. The molecule has 56 heavy (non-hydrogen) atoms. The van der Waals surface area contributed by atoms with E-state index in [0.717, 1.165) is 122 Å². The summed E-state index contributed by atoms with van der Waals surface area (Å²) in [5, 5.41) is 0. The number of nitrogens with zero attached hydrogens (tertiary/aromatic N) is 1. The fourth-order valence-electron chi connectivity index (χ4n) is 6.94. The normalized spacial score (nSPS) is 12.5. The van der Waals surface area contributed by atoms with Gasteiger partial charge in [0.1, 0.15) is 12.6 Å². The smallest absolute Gasteiger partial charge is 0.322 e. The second-order valence-electron chi connectivity index (χ2n) is 16.0. The number of rotatable bonds is 44. The lowest BCUT2D eigenvalue weighted by atomic mass is 9.94. The molecule has 0 bridgehead atoms. The van der Waals surface area contributed by atoms with Gasteiger partial charge in [-0.25, -0.2) is 0 Å². The second-order valence-corrected chi connectivity index (χ2v) is 16.0. The minimum absolute atomic E-state index is 0.0286. The van der Waals surface area contributed by atoms with E-state index in [0.29, 0.717) is 45.8 Å². The molecule has 0 aliphatic carbocycles. The van der Waals surface area contributed by atoms with Gasteiger partial charge in [-0.1, -0.05) is 143 Å². The summed E-state index contributed by atoms with van der Waals surface area (Å²) in [6.45, 7) is 12.2. The Hall–Kier alpha value is -1.75. The van der Waals surface area contributed by atoms with Gasteiger partial charge in [0.25, 0.3) is 0 Å². The third-order valence-corrected chi connectivity index (χ3v) is 10.7. The van der Waals surface area contributed by atoms with E-state index in [1.807, 2.05) is 0 Å². The van der Waals surface area contributed by atoms with Gasteiger partial charge in [-0.05, 0) is 77.4 Å². The molecule has 0 aromatic carbocycles. The highest BCUT2D eigenvalue weighted by Crippen LogP contribution is 2.21. The number of hydrogen-bond acceptors (Lipinski definition) is 10. The molecule has 2 atom stereocenters. The number of hydrogen-bond donors (Lipinski definition) is 2. The first-order chi connectivity index (χ1) is 27.4. The first-order valence-corrected chi connectivity index (χ1v) is 23.6. The molecule has 10 nitrogen and oxygen atoms in total. The van der Waals surface area contributed by atoms with E-state index in [1.165, 1.54) is 70.6 Å². The number of unbranched alkanes of at least 4 members (excludes halogenated alkanes) is 19. The Morgan fingerprint density at radius 2 is 0.946 bits per heavy atom. The van der Waals surface area contributed by atoms with Crippen LogP contribution in [0.4, 0.5) is 0 Å². The fraction of sp³-hybridized carbons (Fsp3) is 0.935. The van der Waals surface area contributed by atoms with Crippen molar-refractivity contribution in [3.05, 3.63) is 0 Å². The number of carbonyl (C=O) groups is 3. The lowest BCUT2D eigenvalue weighted by Crippen LogP contribution is -2.33. The molecule has 0 aliphatic rings. The summed E-state index contributed by atoms with van der Waals surface area (Å²) in [6.07, 6.45) is 31.0. The third kappa shape index (κ3) is 36.6. The van der Waals surface area contributed by atoms with Crippen molar-refractivity contribution in [3.8, 4) is 0 Å². The van der Waals surface area contributed by atoms with Gasteiger partial charge in [-0.3, -0.25) is 14.4 Å². The van der Waals surface area contributed by atoms with Crippen molar-refractivity contribution in [2.24, 2.45) is 17.4 Å². The Balaban J connectivity index is 4.56. The van der Waals surface area contributed by atoms with Crippen molar-refractivity contribution in [1.29, 1.82) is 0 Å². The van der Waals surface area contributed by atoms with Gasteiger partial charge in [-0.15, -0.1) is 0 Å². The Morgan fingerprint density at radius 3 is 1.54 bits per heavy atom. The van der Waals surface area contributed by atoms with Crippen molar-refractivity contribution in [2.75, 3.05) is 59.2 Å². The minimum atomic E-state index is -0.608. The van der Waals surface area contributed by atoms with Crippen molar-refractivity contribution in [1.82, 2.24) is 4.90 Å². The van der Waals surface area contributed by atoms with Crippen LogP contribution in [0.1, 0.15) is 207 Å². The van der Waals surface area contributed by atoms with Gasteiger partial charge in [0.05, 0.1) is 32.3 Å². The average molecular weight is 798 g/mol. The highest BCUT2D eigenvalue weighted by atomic mass is 16.6. The predicted molar refractivity (Wildman–Crippen MR) is 232 cm³/mol. The topological polar surface area (TPSA) is 143 Å². The van der Waals surface area contributed by atoms with Crippen LogP contribution in [0.25, 0.3) is 0 Å². The molecule has 0 rings (SSSR count). The number of nitrogens with two attached hydrogens (primary N) is 2. The van der Waals surface area contributed by atoms with Crippen LogP contribution >= 0.6 is 0 Å². The van der Waals surface area contributed by atoms with E-state index in [9.17, 15) is 14.4 Å². The predicted octanol–water partition coefficient (Wildman–Crippen LogP) is 10.2.